The predicted octanol–water partition coefficient (Wildman–Crippen LogP) is 2.43. The summed E-state index contributed by atoms with van der Waals surface area (Å²) in [6, 6.07) is 6.59. The minimum absolute atomic E-state index is 0.0570. The fourth-order valence-corrected chi connectivity index (χ4v) is 4.20. The third-order valence-corrected chi connectivity index (χ3v) is 6.06. The van der Waals surface area contributed by atoms with Crippen LogP contribution >= 0.6 is 11.3 Å². The molecule has 6 nitrogen and oxygen atoms in total. The number of aliphatic hydroxyl groups is 1. The van der Waals surface area contributed by atoms with E-state index in [1.165, 1.54) is 12.1 Å². The summed E-state index contributed by atoms with van der Waals surface area (Å²) in [5.41, 5.74) is 0. The maximum Gasteiger partial charge on any atom is 0.371 e. The maximum atomic E-state index is 12.9. The van der Waals surface area contributed by atoms with Gasteiger partial charge in [0.2, 0.25) is 15.6 Å². The van der Waals surface area contributed by atoms with Gasteiger partial charge in [-0.15, -0.1) is 11.3 Å². The van der Waals surface area contributed by atoms with Crippen LogP contribution < -0.4 is 0 Å². The van der Waals surface area contributed by atoms with E-state index in [-0.39, 0.29) is 14.0 Å². The van der Waals surface area contributed by atoms with Gasteiger partial charge in [-0.3, -0.25) is 4.79 Å². The van der Waals surface area contributed by atoms with Crippen molar-refractivity contribution in [1.82, 2.24) is 0 Å². The van der Waals surface area contributed by atoms with Gasteiger partial charge < -0.3 is 10.2 Å². The van der Waals surface area contributed by atoms with Crippen molar-refractivity contribution in [2.75, 3.05) is 0 Å². The largest absolute Gasteiger partial charge is 0.502 e. The molecular weight excluding hydrogens is 347 g/mol. The number of carbonyl (C=O) groups excluding carboxylic acids is 1. The van der Waals surface area contributed by atoms with Crippen LogP contribution in [-0.2, 0) is 14.6 Å². The number of hydrogen-bond donors (Lipinski definition) is 2. The van der Waals surface area contributed by atoms with Crippen LogP contribution in [0.3, 0.4) is 0 Å². The van der Waals surface area contributed by atoms with Crippen LogP contribution in [0.15, 0.2) is 57.3 Å². The van der Waals surface area contributed by atoms with E-state index in [1.807, 2.05) is 0 Å². The van der Waals surface area contributed by atoms with Crippen molar-refractivity contribution in [2.45, 2.75) is 9.10 Å². The van der Waals surface area contributed by atoms with Gasteiger partial charge in [-0.25, -0.2) is 17.6 Å². The summed E-state index contributed by atoms with van der Waals surface area (Å²) in [5, 5.41) is 17.5. The summed E-state index contributed by atoms with van der Waals surface area (Å²) in [6.07, 6.45) is 0.489. The van der Waals surface area contributed by atoms with Gasteiger partial charge in [-0.2, -0.15) is 0 Å². The van der Waals surface area contributed by atoms with Crippen molar-refractivity contribution in [3.05, 3.63) is 58.9 Å². The first kappa shape index (κ1) is 16.8. The van der Waals surface area contributed by atoms with Crippen molar-refractivity contribution in [2.24, 2.45) is 0 Å². The normalized spacial score (nSPS) is 12.1. The van der Waals surface area contributed by atoms with Gasteiger partial charge >= 0.3 is 5.97 Å². The second kappa shape index (κ2) is 6.31. The van der Waals surface area contributed by atoms with E-state index in [4.69, 9.17) is 10.2 Å². The van der Waals surface area contributed by atoms with Crippen LogP contribution in [0.5, 0.6) is 0 Å². The highest BCUT2D eigenvalue weighted by molar-refractivity contribution is 7.93. The van der Waals surface area contributed by atoms with E-state index in [0.29, 0.717) is 17.4 Å². The van der Waals surface area contributed by atoms with Gasteiger partial charge in [0.15, 0.2) is 5.78 Å². The number of carboxylic acid groups (broad SMARTS) is 1. The molecule has 1 aromatic carbocycles. The lowest BCUT2D eigenvalue weighted by Gasteiger charge is -2.01. The first-order valence-electron chi connectivity index (χ1n) is 6.00. The molecule has 0 amide bonds. The maximum absolute atomic E-state index is 12.9. The molecule has 1 heterocycles. The summed E-state index contributed by atoms with van der Waals surface area (Å²) in [5.74, 6) is -4.24. The summed E-state index contributed by atoms with van der Waals surface area (Å²) < 4.78 is 37.4. The average molecular weight is 356 g/mol. The molecule has 0 radical (unpaired) electrons. The minimum atomic E-state index is -3.91. The molecule has 0 unspecified atom stereocenters. The van der Waals surface area contributed by atoms with E-state index in [9.17, 15) is 22.4 Å². The van der Waals surface area contributed by atoms with Gasteiger partial charge in [0.25, 0.3) is 0 Å². The van der Waals surface area contributed by atoms with Crippen LogP contribution in [0.2, 0.25) is 0 Å². The van der Waals surface area contributed by atoms with Gasteiger partial charge in [0, 0.05) is 6.08 Å². The number of thiophene rings is 1. The Hall–Kier alpha value is -2.52. The number of sulfone groups is 1. The molecule has 23 heavy (non-hydrogen) atoms. The van der Waals surface area contributed by atoms with Gasteiger partial charge in [-0.05, 0) is 36.4 Å². The third kappa shape index (κ3) is 3.63. The summed E-state index contributed by atoms with van der Waals surface area (Å²) >= 11 is 0.621. The minimum Gasteiger partial charge on any atom is -0.502 e. The van der Waals surface area contributed by atoms with Gasteiger partial charge in [-0.1, -0.05) is 0 Å². The summed E-state index contributed by atoms with van der Waals surface area (Å²) in [7, 11) is -3.91. The first-order valence-corrected chi connectivity index (χ1v) is 8.30. The molecule has 0 atom stereocenters. The Bertz CT molecular complexity index is 894. The molecule has 0 saturated carbocycles. The number of benzene rings is 1. The molecule has 2 N–H and O–H groups in total. The van der Waals surface area contributed by atoms with Crippen molar-refractivity contribution in [3.8, 4) is 0 Å². The number of hydrogen-bond acceptors (Lipinski definition) is 6. The monoisotopic (exact) mass is 356 g/mol. The fourth-order valence-electron chi connectivity index (χ4n) is 1.58. The van der Waals surface area contributed by atoms with Crippen molar-refractivity contribution in [1.29, 1.82) is 0 Å². The second-order valence-electron chi connectivity index (χ2n) is 4.28. The van der Waals surface area contributed by atoms with E-state index in [2.05, 4.69) is 0 Å². The Labute approximate surface area is 134 Å². The Morgan fingerprint density at radius 1 is 1.04 bits per heavy atom. The average Bonchev–Trinajstić information content (AvgIpc) is 2.98. The number of halogens is 1. The van der Waals surface area contributed by atoms with E-state index < -0.39 is 33.2 Å². The zero-order valence-corrected chi connectivity index (χ0v) is 12.9. The number of rotatable bonds is 5. The zero-order valence-electron chi connectivity index (χ0n) is 11.3. The van der Waals surface area contributed by atoms with Crippen LogP contribution in [0.1, 0.15) is 9.67 Å². The third-order valence-electron chi connectivity index (χ3n) is 2.70. The van der Waals surface area contributed by atoms with E-state index >= 15 is 0 Å². The molecule has 0 aliphatic carbocycles. The Kier molecular flexibility index (Phi) is 4.62. The summed E-state index contributed by atoms with van der Waals surface area (Å²) in [6.45, 7) is 0. The number of aliphatic hydroxyl groups excluding tert-OH is 1. The quantitative estimate of drug-likeness (QED) is 0.369. The summed E-state index contributed by atoms with van der Waals surface area (Å²) in [4.78, 5) is 22.0. The molecule has 0 fully saturated rings. The molecule has 0 spiro atoms. The second-order valence-corrected chi connectivity index (χ2v) is 7.54. The van der Waals surface area contributed by atoms with E-state index in [1.54, 1.807) is 0 Å². The van der Waals surface area contributed by atoms with Gasteiger partial charge in [0.05, 0.1) is 9.77 Å². The lowest BCUT2D eigenvalue weighted by molar-refractivity contribution is -0.135. The fraction of sp³-hybridized carbons (Fsp3) is 0. The van der Waals surface area contributed by atoms with Gasteiger partial charge in [0.1, 0.15) is 10.0 Å². The molecule has 0 aliphatic rings. The lowest BCUT2D eigenvalue weighted by Crippen LogP contribution is -2.02. The number of allylic oxidation sites excluding steroid dienone is 1. The molecule has 120 valence electrons. The SMILES string of the molecule is O=C(O)/C(O)=C/C(=O)c1ccc(S(=O)(=O)c2ccc(F)cc2)s1. The number of aliphatic carboxylic acids is 1. The van der Waals surface area contributed by atoms with E-state index in [0.717, 1.165) is 24.3 Å². The zero-order chi connectivity index (χ0) is 17.2. The number of carbonyl (C=O) groups is 2. The Balaban J connectivity index is 2.35. The van der Waals surface area contributed by atoms with Crippen LogP contribution in [0, 0.1) is 5.82 Å². The van der Waals surface area contributed by atoms with Crippen molar-refractivity contribution >= 4 is 32.9 Å². The molecule has 2 rings (SSSR count). The molecule has 0 bridgehead atoms. The Morgan fingerprint density at radius 3 is 2.22 bits per heavy atom. The highest BCUT2D eigenvalue weighted by Crippen LogP contribution is 2.28. The number of ketones is 1. The topological polar surface area (TPSA) is 109 Å². The highest BCUT2D eigenvalue weighted by Gasteiger charge is 2.21. The molecule has 0 saturated heterocycles. The van der Waals surface area contributed by atoms with Crippen molar-refractivity contribution in [3.63, 3.8) is 0 Å². The van der Waals surface area contributed by atoms with Crippen LogP contribution in [0.4, 0.5) is 4.39 Å². The lowest BCUT2D eigenvalue weighted by atomic mass is 10.3. The highest BCUT2D eigenvalue weighted by atomic mass is 32.2. The molecule has 9 heteroatoms. The van der Waals surface area contributed by atoms with Crippen molar-refractivity contribution < 1.29 is 32.6 Å². The van der Waals surface area contributed by atoms with Crippen LogP contribution in [-0.4, -0.2) is 30.4 Å². The smallest absolute Gasteiger partial charge is 0.371 e. The standard InChI is InChI=1S/C14H9FO6S2/c15-8-1-3-9(4-2-8)23(20,21)13-6-5-12(22-13)10(16)7-11(17)14(18)19/h1-7,17H,(H,18,19)/b11-7-. The first-order chi connectivity index (χ1) is 10.7. The predicted molar refractivity (Wildman–Crippen MR) is 78.8 cm³/mol. The molecule has 0 aliphatic heterocycles. The van der Waals surface area contributed by atoms with Crippen LogP contribution in [0.25, 0.3) is 0 Å². The molecule has 1 aromatic heterocycles. The molecule has 2 aromatic rings. The Morgan fingerprint density at radius 2 is 1.65 bits per heavy atom. The number of carboxylic acids is 1. The molecular formula is C14H9FO6S2.